The summed E-state index contributed by atoms with van der Waals surface area (Å²) in [5.41, 5.74) is 2.52. The van der Waals surface area contributed by atoms with Crippen molar-refractivity contribution in [2.45, 2.75) is 19.3 Å². The van der Waals surface area contributed by atoms with E-state index in [1.165, 1.54) is 11.1 Å². The molecule has 116 valence electrons. The molecule has 2 aromatic heterocycles. The number of benzene rings is 1. The maximum Gasteiger partial charge on any atom is 0.159 e. The van der Waals surface area contributed by atoms with Crippen LogP contribution in [0.5, 0.6) is 0 Å². The minimum Gasteiger partial charge on any atom is -0.354 e. The standard InChI is InChI=1S/C18H17ClN4/c1-12-6-14(9-20-8-12)13-4-5-23(11-13)18-17-3-2-16(19)7-15(17)10-21-22-18/h2-3,6-10,13H,4-5,11H2,1H3. The van der Waals surface area contributed by atoms with Gasteiger partial charge in [0.05, 0.1) is 6.20 Å². The SMILES string of the molecule is Cc1cncc(C2CCN(c3nncc4cc(Cl)ccc34)C2)c1. The van der Waals surface area contributed by atoms with E-state index in [2.05, 4.69) is 33.1 Å². The summed E-state index contributed by atoms with van der Waals surface area (Å²) in [5.74, 6) is 1.44. The van der Waals surface area contributed by atoms with Crippen LogP contribution in [0.1, 0.15) is 23.5 Å². The average molecular weight is 325 g/mol. The Kier molecular flexibility index (Phi) is 3.62. The fourth-order valence-electron chi connectivity index (χ4n) is 3.30. The zero-order chi connectivity index (χ0) is 15.8. The predicted molar refractivity (Wildman–Crippen MR) is 93.1 cm³/mol. The topological polar surface area (TPSA) is 41.9 Å². The van der Waals surface area contributed by atoms with Gasteiger partial charge in [0.15, 0.2) is 5.82 Å². The van der Waals surface area contributed by atoms with E-state index in [0.717, 1.165) is 41.1 Å². The molecule has 0 amide bonds. The van der Waals surface area contributed by atoms with E-state index in [1.54, 1.807) is 6.20 Å². The summed E-state index contributed by atoms with van der Waals surface area (Å²) < 4.78 is 0. The van der Waals surface area contributed by atoms with Crippen LogP contribution >= 0.6 is 11.6 Å². The molecule has 1 fully saturated rings. The van der Waals surface area contributed by atoms with E-state index < -0.39 is 0 Å². The first-order valence-electron chi connectivity index (χ1n) is 7.78. The second kappa shape index (κ2) is 5.78. The van der Waals surface area contributed by atoms with Crippen molar-refractivity contribution in [3.05, 3.63) is 59.0 Å². The molecule has 0 aliphatic carbocycles. The van der Waals surface area contributed by atoms with Gasteiger partial charge < -0.3 is 4.90 Å². The van der Waals surface area contributed by atoms with Crippen molar-refractivity contribution in [2.75, 3.05) is 18.0 Å². The van der Waals surface area contributed by atoms with Crippen molar-refractivity contribution in [3.8, 4) is 0 Å². The Morgan fingerprint density at radius 1 is 1.17 bits per heavy atom. The van der Waals surface area contributed by atoms with Crippen LogP contribution < -0.4 is 4.90 Å². The van der Waals surface area contributed by atoms with Gasteiger partial charge in [-0.1, -0.05) is 17.7 Å². The minimum atomic E-state index is 0.492. The number of pyridine rings is 1. The molecule has 3 heterocycles. The molecule has 1 aliphatic rings. The Labute approximate surface area is 140 Å². The smallest absolute Gasteiger partial charge is 0.159 e. The second-order valence-corrected chi connectivity index (χ2v) is 6.56. The van der Waals surface area contributed by atoms with Crippen molar-refractivity contribution in [1.29, 1.82) is 0 Å². The van der Waals surface area contributed by atoms with Gasteiger partial charge >= 0.3 is 0 Å². The number of fused-ring (bicyclic) bond motifs is 1. The van der Waals surface area contributed by atoms with E-state index in [9.17, 15) is 0 Å². The van der Waals surface area contributed by atoms with Gasteiger partial charge in [0.1, 0.15) is 0 Å². The second-order valence-electron chi connectivity index (χ2n) is 6.13. The summed E-state index contributed by atoms with van der Waals surface area (Å²) in [6.45, 7) is 4.01. The summed E-state index contributed by atoms with van der Waals surface area (Å²) in [7, 11) is 0. The quantitative estimate of drug-likeness (QED) is 0.715. The first kappa shape index (κ1) is 14.4. The Morgan fingerprint density at radius 2 is 2.09 bits per heavy atom. The number of hydrogen-bond acceptors (Lipinski definition) is 4. The van der Waals surface area contributed by atoms with Gasteiger partial charge in [-0.25, -0.2) is 0 Å². The zero-order valence-electron chi connectivity index (χ0n) is 12.9. The Balaban J connectivity index is 1.65. The molecule has 1 aromatic carbocycles. The number of nitrogens with zero attached hydrogens (tertiary/aromatic N) is 4. The van der Waals surface area contributed by atoms with Crippen LogP contribution in [-0.2, 0) is 0 Å². The highest BCUT2D eigenvalue weighted by atomic mass is 35.5. The van der Waals surface area contributed by atoms with Crippen molar-refractivity contribution in [2.24, 2.45) is 0 Å². The first-order chi connectivity index (χ1) is 11.2. The molecule has 4 rings (SSSR count). The molecular formula is C18H17ClN4. The Hall–Kier alpha value is -2.20. The highest BCUT2D eigenvalue weighted by Gasteiger charge is 2.26. The van der Waals surface area contributed by atoms with Gasteiger partial charge in [-0.2, -0.15) is 5.10 Å². The van der Waals surface area contributed by atoms with Crippen LogP contribution in [0, 0.1) is 6.92 Å². The van der Waals surface area contributed by atoms with Crippen LogP contribution in [-0.4, -0.2) is 28.3 Å². The molecule has 3 aromatic rings. The third-order valence-electron chi connectivity index (χ3n) is 4.46. The lowest BCUT2D eigenvalue weighted by molar-refractivity contribution is 0.767. The molecule has 1 saturated heterocycles. The number of anilines is 1. The number of aryl methyl sites for hydroxylation is 1. The third kappa shape index (κ3) is 2.75. The molecule has 1 atom stereocenters. The highest BCUT2D eigenvalue weighted by Crippen LogP contribution is 2.33. The molecule has 0 saturated carbocycles. The van der Waals surface area contributed by atoms with Crippen LogP contribution in [0.15, 0.2) is 42.9 Å². The van der Waals surface area contributed by atoms with Gasteiger partial charge in [-0.15, -0.1) is 5.10 Å². The molecule has 0 N–H and O–H groups in total. The molecule has 0 spiro atoms. The van der Waals surface area contributed by atoms with Crippen molar-refractivity contribution in [1.82, 2.24) is 15.2 Å². The summed E-state index contributed by atoms with van der Waals surface area (Å²) in [5, 5.41) is 11.4. The Bertz CT molecular complexity index is 865. The zero-order valence-corrected chi connectivity index (χ0v) is 13.7. The first-order valence-corrected chi connectivity index (χ1v) is 8.16. The molecule has 0 bridgehead atoms. The van der Waals surface area contributed by atoms with Crippen molar-refractivity contribution < 1.29 is 0 Å². The lowest BCUT2D eigenvalue weighted by atomic mass is 9.99. The molecule has 4 nitrogen and oxygen atoms in total. The molecular weight excluding hydrogens is 308 g/mol. The number of rotatable bonds is 2. The fourth-order valence-corrected chi connectivity index (χ4v) is 3.48. The monoisotopic (exact) mass is 324 g/mol. The number of aromatic nitrogens is 3. The van der Waals surface area contributed by atoms with Gasteiger partial charge in [0, 0.05) is 47.2 Å². The highest BCUT2D eigenvalue weighted by molar-refractivity contribution is 6.31. The lowest BCUT2D eigenvalue weighted by Gasteiger charge is -2.19. The van der Waals surface area contributed by atoms with Crippen molar-refractivity contribution in [3.63, 3.8) is 0 Å². The van der Waals surface area contributed by atoms with Gasteiger partial charge in [-0.3, -0.25) is 4.98 Å². The van der Waals surface area contributed by atoms with Crippen LogP contribution in [0.3, 0.4) is 0 Å². The lowest BCUT2D eigenvalue weighted by Crippen LogP contribution is -2.21. The molecule has 1 unspecified atom stereocenters. The third-order valence-corrected chi connectivity index (χ3v) is 4.69. The summed E-state index contributed by atoms with van der Waals surface area (Å²) in [6.07, 6.45) is 6.76. The fraction of sp³-hybridized carbons (Fsp3) is 0.278. The molecule has 5 heteroatoms. The summed E-state index contributed by atoms with van der Waals surface area (Å²) in [4.78, 5) is 6.64. The van der Waals surface area contributed by atoms with E-state index in [0.29, 0.717) is 5.92 Å². The Morgan fingerprint density at radius 3 is 2.96 bits per heavy atom. The summed E-state index contributed by atoms with van der Waals surface area (Å²) in [6, 6.07) is 8.11. The molecule has 0 radical (unpaired) electrons. The van der Waals surface area contributed by atoms with Crippen LogP contribution in [0.25, 0.3) is 10.8 Å². The van der Waals surface area contributed by atoms with Gasteiger partial charge in [-0.05, 0) is 42.7 Å². The average Bonchev–Trinajstić information content (AvgIpc) is 3.04. The molecule has 1 aliphatic heterocycles. The van der Waals surface area contributed by atoms with E-state index in [4.69, 9.17) is 11.6 Å². The largest absolute Gasteiger partial charge is 0.354 e. The number of hydrogen-bond donors (Lipinski definition) is 0. The maximum absolute atomic E-state index is 6.08. The summed E-state index contributed by atoms with van der Waals surface area (Å²) >= 11 is 6.08. The van der Waals surface area contributed by atoms with Crippen LogP contribution in [0.4, 0.5) is 5.82 Å². The van der Waals surface area contributed by atoms with E-state index in [1.807, 2.05) is 30.6 Å². The van der Waals surface area contributed by atoms with Gasteiger partial charge in [0.25, 0.3) is 0 Å². The minimum absolute atomic E-state index is 0.492. The van der Waals surface area contributed by atoms with Gasteiger partial charge in [0.2, 0.25) is 0 Å². The predicted octanol–water partition coefficient (Wildman–Crippen LogP) is 3.98. The number of halogens is 1. The normalized spacial score (nSPS) is 17.8. The molecule has 23 heavy (non-hydrogen) atoms. The maximum atomic E-state index is 6.08. The van der Waals surface area contributed by atoms with E-state index >= 15 is 0 Å². The van der Waals surface area contributed by atoms with E-state index in [-0.39, 0.29) is 0 Å². The van der Waals surface area contributed by atoms with Crippen molar-refractivity contribution >= 4 is 28.2 Å². The van der Waals surface area contributed by atoms with Crippen LogP contribution in [0.2, 0.25) is 5.02 Å².